The lowest BCUT2D eigenvalue weighted by atomic mass is 9.82. The zero-order chi connectivity index (χ0) is 24.7. The van der Waals surface area contributed by atoms with Gasteiger partial charge in [-0.15, -0.1) is 11.3 Å². The number of nitrogens with zero attached hydrogens (tertiary/aromatic N) is 3. The van der Waals surface area contributed by atoms with Crippen LogP contribution in [-0.4, -0.2) is 64.9 Å². The maximum atomic E-state index is 14.1. The number of nitrogens with one attached hydrogen (secondary N) is 1. The van der Waals surface area contributed by atoms with Crippen LogP contribution < -0.4 is 5.32 Å². The lowest BCUT2D eigenvalue weighted by molar-refractivity contribution is -0.142. The van der Waals surface area contributed by atoms with Crippen LogP contribution in [0.3, 0.4) is 0 Å². The van der Waals surface area contributed by atoms with E-state index in [1.54, 1.807) is 18.5 Å². The van der Waals surface area contributed by atoms with Gasteiger partial charge in [0.25, 0.3) is 5.92 Å². The first-order chi connectivity index (χ1) is 16.0. The molecule has 3 heterocycles. The molecule has 2 N–H and O–H groups in total. The average molecular weight is 494 g/mol. The van der Waals surface area contributed by atoms with Crippen molar-refractivity contribution in [1.29, 1.82) is 0 Å². The van der Waals surface area contributed by atoms with E-state index >= 15 is 0 Å². The van der Waals surface area contributed by atoms with Gasteiger partial charge in [0.1, 0.15) is 17.4 Å². The number of halogens is 3. The van der Waals surface area contributed by atoms with Crippen LogP contribution in [0, 0.1) is 5.82 Å². The van der Waals surface area contributed by atoms with Gasteiger partial charge in [-0.2, -0.15) is 0 Å². The van der Waals surface area contributed by atoms with Gasteiger partial charge in [0.15, 0.2) is 10.8 Å². The number of thiazole rings is 1. The van der Waals surface area contributed by atoms with Crippen molar-refractivity contribution < 1.29 is 32.6 Å². The molecule has 2 aliphatic heterocycles. The van der Waals surface area contributed by atoms with Gasteiger partial charge in [0.2, 0.25) is 0 Å². The Morgan fingerprint density at radius 3 is 2.62 bits per heavy atom. The number of aliphatic carboxylic acids is 1. The van der Waals surface area contributed by atoms with E-state index in [9.17, 15) is 27.9 Å². The third kappa shape index (κ3) is 4.42. The summed E-state index contributed by atoms with van der Waals surface area (Å²) >= 11 is 1.26. The maximum absolute atomic E-state index is 14.1. The molecule has 1 saturated heterocycles. The summed E-state index contributed by atoms with van der Waals surface area (Å²) in [6, 6.07) is 3.93. The highest BCUT2D eigenvalue weighted by Gasteiger charge is 2.50. The molecule has 1 aromatic carbocycles. The molecule has 2 aromatic rings. The topological polar surface area (TPSA) is 104 Å². The summed E-state index contributed by atoms with van der Waals surface area (Å²) in [4.78, 5) is 34.7. The van der Waals surface area contributed by atoms with Crippen molar-refractivity contribution in [1.82, 2.24) is 15.2 Å². The molecule has 0 spiro atoms. The molecule has 180 valence electrons. The van der Waals surface area contributed by atoms with E-state index in [2.05, 4.69) is 10.3 Å². The van der Waals surface area contributed by atoms with E-state index in [1.807, 2.05) is 0 Å². The van der Waals surface area contributed by atoms with E-state index in [4.69, 9.17) is 9.73 Å². The summed E-state index contributed by atoms with van der Waals surface area (Å²) in [5, 5.41) is 14.7. The number of aromatic nitrogens is 1. The molecule has 1 fully saturated rings. The lowest BCUT2D eigenvalue weighted by Crippen LogP contribution is -2.46. The molecule has 8 nitrogen and oxygen atoms in total. The van der Waals surface area contributed by atoms with E-state index in [0.29, 0.717) is 10.6 Å². The van der Waals surface area contributed by atoms with Crippen molar-refractivity contribution in [2.45, 2.75) is 30.8 Å². The second-order valence-corrected chi connectivity index (χ2v) is 9.06. The number of methoxy groups -OCH3 is 1. The number of amidine groups is 1. The summed E-state index contributed by atoms with van der Waals surface area (Å²) < 4.78 is 46.9. The van der Waals surface area contributed by atoms with Crippen molar-refractivity contribution in [3.63, 3.8) is 0 Å². The maximum Gasteiger partial charge on any atom is 0.338 e. The Labute approximate surface area is 196 Å². The normalized spacial score (nSPS) is 24.5. The number of carbonyl (C=O) groups is 2. The molecule has 0 aliphatic carbocycles. The minimum absolute atomic E-state index is 0.00118. The van der Waals surface area contributed by atoms with Crippen molar-refractivity contribution in [3.05, 3.63) is 63.5 Å². The van der Waals surface area contributed by atoms with Gasteiger partial charge in [0.05, 0.1) is 19.2 Å². The Kier molecular flexibility index (Phi) is 6.21. The Bertz CT molecular complexity index is 1170. The molecule has 1 aromatic heterocycles. The summed E-state index contributed by atoms with van der Waals surface area (Å²) in [6.45, 7) is 0.521. The average Bonchev–Trinajstić information content (AvgIpc) is 3.41. The Hall–Kier alpha value is -3.25. The third-order valence-corrected chi connectivity index (χ3v) is 6.62. The number of rotatable bonds is 6. The summed E-state index contributed by atoms with van der Waals surface area (Å²) in [6.07, 6.45) is 0.714. The molecule has 34 heavy (non-hydrogen) atoms. The summed E-state index contributed by atoms with van der Waals surface area (Å²) in [7, 11) is 1.17. The number of hydrogen-bond donors (Lipinski definition) is 2. The van der Waals surface area contributed by atoms with Crippen molar-refractivity contribution in [2.75, 3.05) is 20.2 Å². The number of aliphatic imine (C=N–C) groups is 1. The number of hydrogen-bond acceptors (Lipinski definition) is 8. The zero-order valence-electron chi connectivity index (χ0n) is 18.2. The van der Waals surface area contributed by atoms with Gasteiger partial charge >= 0.3 is 11.9 Å². The third-order valence-electron chi connectivity index (χ3n) is 5.84. The highest BCUT2D eigenvalue weighted by molar-refractivity contribution is 7.11. The van der Waals surface area contributed by atoms with Gasteiger partial charge in [-0.3, -0.25) is 9.69 Å². The minimum atomic E-state index is -3.20. The summed E-state index contributed by atoms with van der Waals surface area (Å²) in [5.41, 5.74) is -0.795. The molecule has 2 atom stereocenters. The molecule has 2 aliphatic rings. The minimum Gasteiger partial charge on any atom is -0.480 e. The van der Waals surface area contributed by atoms with E-state index in [1.165, 1.54) is 42.7 Å². The lowest BCUT2D eigenvalue weighted by Gasteiger charge is -2.36. The molecular formula is C22H21F3N4O4S. The Balaban J connectivity index is 1.86. The van der Waals surface area contributed by atoms with Gasteiger partial charge in [-0.25, -0.2) is 27.9 Å². The van der Waals surface area contributed by atoms with Gasteiger partial charge in [0, 0.05) is 30.2 Å². The number of likely N-dealkylation sites (tertiary alicyclic amines) is 1. The zero-order valence-corrected chi connectivity index (χ0v) is 19.0. The fourth-order valence-electron chi connectivity index (χ4n) is 4.27. The van der Waals surface area contributed by atoms with Crippen LogP contribution in [0.25, 0.3) is 0 Å². The first kappa shape index (κ1) is 23.9. The van der Waals surface area contributed by atoms with Gasteiger partial charge < -0.3 is 15.2 Å². The number of carbonyl (C=O) groups excluding carboxylic acids is 1. The van der Waals surface area contributed by atoms with Crippen molar-refractivity contribution >= 4 is 29.1 Å². The number of carboxylic acid groups (broad SMARTS) is 1. The standard InChI is InChI=1S/C22H21F3N4O4S/c1-21(12-3-5-13(23)6-4-12)16(20(32)33-2)14(27-17(28-21)18-26-7-8-34-18)10-29-11-22(24,25)9-15(29)19(30)31/h3-8,15H,9-11H2,1-2H3,(H,27,28)(H,30,31)/t15-,21?/m1/s1. The predicted octanol–water partition coefficient (Wildman–Crippen LogP) is 2.77. The smallest absolute Gasteiger partial charge is 0.338 e. The molecule has 0 amide bonds. The number of ether oxygens (including phenoxy) is 1. The molecule has 4 rings (SSSR count). The Morgan fingerprint density at radius 1 is 1.32 bits per heavy atom. The largest absolute Gasteiger partial charge is 0.480 e. The fourth-order valence-corrected chi connectivity index (χ4v) is 4.85. The SMILES string of the molecule is COC(=O)C1=C(CN2CC(F)(F)C[C@@H]2C(=O)O)NC(c2nccs2)=NC1(C)c1ccc(F)cc1. The molecule has 0 saturated carbocycles. The number of alkyl halides is 2. The first-order valence-corrected chi connectivity index (χ1v) is 11.1. The van der Waals surface area contributed by atoms with Crippen LogP contribution in [0.5, 0.6) is 0 Å². The van der Waals surface area contributed by atoms with Crippen LogP contribution >= 0.6 is 11.3 Å². The number of benzene rings is 1. The quantitative estimate of drug-likeness (QED) is 0.595. The van der Waals surface area contributed by atoms with Crippen LogP contribution in [0.1, 0.15) is 23.9 Å². The van der Waals surface area contributed by atoms with Crippen LogP contribution in [-0.2, 0) is 19.9 Å². The van der Waals surface area contributed by atoms with E-state index in [-0.39, 0.29) is 23.7 Å². The monoisotopic (exact) mass is 494 g/mol. The molecular weight excluding hydrogens is 473 g/mol. The molecule has 0 bridgehead atoms. The van der Waals surface area contributed by atoms with E-state index < -0.39 is 48.2 Å². The van der Waals surface area contributed by atoms with Crippen LogP contribution in [0.2, 0.25) is 0 Å². The Morgan fingerprint density at radius 2 is 2.03 bits per heavy atom. The highest BCUT2D eigenvalue weighted by atomic mass is 32.1. The predicted molar refractivity (Wildman–Crippen MR) is 117 cm³/mol. The molecule has 12 heteroatoms. The van der Waals surface area contributed by atoms with Crippen LogP contribution in [0.4, 0.5) is 13.2 Å². The molecule has 0 radical (unpaired) electrons. The summed E-state index contributed by atoms with van der Waals surface area (Å²) in [5.74, 6) is -5.59. The van der Waals surface area contributed by atoms with Crippen molar-refractivity contribution in [3.8, 4) is 0 Å². The van der Waals surface area contributed by atoms with E-state index in [0.717, 1.165) is 4.90 Å². The fraction of sp³-hybridized carbons (Fsp3) is 0.364. The highest BCUT2D eigenvalue weighted by Crippen LogP contribution is 2.40. The number of carboxylic acids is 1. The second-order valence-electron chi connectivity index (χ2n) is 8.17. The molecule has 1 unspecified atom stereocenters. The van der Waals surface area contributed by atoms with Crippen molar-refractivity contribution in [2.24, 2.45) is 4.99 Å². The number of esters is 1. The van der Waals surface area contributed by atoms with Gasteiger partial charge in [-0.05, 0) is 24.6 Å². The van der Waals surface area contributed by atoms with Gasteiger partial charge in [-0.1, -0.05) is 12.1 Å². The van der Waals surface area contributed by atoms with Crippen LogP contribution in [0.15, 0.2) is 52.1 Å². The second kappa shape index (κ2) is 8.84. The first-order valence-electron chi connectivity index (χ1n) is 10.2.